The molecule has 0 heterocycles. The summed E-state index contributed by atoms with van der Waals surface area (Å²) in [7, 11) is 1.57. The second-order valence-electron chi connectivity index (χ2n) is 23.5. The Morgan fingerprint density at radius 2 is 0.753 bits per heavy atom. The molecule has 0 rings (SSSR count). The van der Waals surface area contributed by atoms with Crippen LogP contribution in [0.2, 0.25) is 0 Å². The number of likely N-dealkylation sites (N-methyl/N-ethyl adjacent to an activating group) is 1. The monoisotopic (exact) mass is 1050 g/mol. The highest BCUT2D eigenvalue weighted by Crippen LogP contribution is 2.43. The summed E-state index contributed by atoms with van der Waals surface area (Å²) in [6.07, 6.45) is 71.7. The zero-order valence-electron chi connectivity index (χ0n) is 49.7. The molecule has 0 aromatic heterocycles. The zero-order valence-corrected chi connectivity index (χ0v) is 50.5. The van der Waals surface area contributed by atoms with Gasteiger partial charge >= 0.3 is 7.82 Å². The van der Waals surface area contributed by atoms with Gasteiger partial charge in [-0.05, 0) is 32.1 Å². The van der Waals surface area contributed by atoms with Crippen molar-refractivity contribution in [2.24, 2.45) is 0 Å². The van der Waals surface area contributed by atoms with E-state index >= 15 is 0 Å². The Labute approximate surface area is 455 Å². The summed E-state index contributed by atoms with van der Waals surface area (Å²) in [5, 5.41) is 13.9. The molecule has 0 saturated carbocycles. The van der Waals surface area contributed by atoms with E-state index in [1.807, 2.05) is 27.2 Å². The number of quaternary nitrogens is 1. The first kappa shape index (κ1) is 72.0. The number of carbonyl (C=O) groups excluding carboxylic acids is 1. The molecule has 1 amide bonds. The minimum Gasteiger partial charge on any atom is -0.387 e. The minimum absolute atomic E-state index is 0.0589. The fraction of sp³-hybridized carbons (Fsp3) is 0.922. The summed E-state index contributed by atoms with van der Waals surface area (Å²) in [5.74, 6) is -0.179. The van der Waals surface area contributed by atoms with Crippen molar-refractivity contribution in [1.82, 2.24) is 5.32 Å². The molecule has 0 fully saturated rings. The first-order chi connectivity index (χ1) is 35.5. The number of nitrogens with zero attached hydrogens (tertiary/aromatic N) is 1. The van der Waals surface area contributed by atoms with Gasteiger partial charge in [0.05, 0.1) is 39.9 Å². The Balaban J connectivity index is 4.05. The van der Waals surface area contributed by atoms with Crippen molar-refractivity contribution < 1.29 is 32.9 Å². The van der Waals surface area contributed by atoms with Gasteiger partial charge in [0.2, 0.25) is 5.91 Å². The van der Waals surface area contributed by atoms with Crippen LogP contribution in [0.25, 0.3) is 0 Å². The molecule has 3 unspecified atom stereocenters. The molecule has 0 radical (unpaired) electrons. The molecular weight excluding hydrogens is 924 g/mol. The van der Waals surface area contributed by atoms with E-state index in [2.05, 4.69) is 31.3 Å². The normalized spacial score (nSPS) is 13.9. The maximum Gasteiger partial charge on any atom is 0.472 e. The first-order valence-electron chi connectivity index (χ1n) is 32.2. The summed E-state index contributed by atoms with van der Waals surface area (Å²) in [5.41, 5.74) is 0. The molecule has 3 atom stereocenters. The molecule has 8 nitrogen and oxygen atoms in total. The van der Waals surface area contributed by atoms with Gasteiger partial charge in [-0.1, -0.05) is 314 Å². The van der Waals surface area contributed by atoms with Crippen LogP contribution in [0, 0.1) is 0 Å². The lowest BCUT2D eigenvalue weighted by Gasteiger charge is -2.25. The number of hydrogen-bond donors (Lipinski definition) is 3. The van der Waals surface area contributed by atoms with E-state index in [1.165, 1.54) is 270 Å². The van der Waals surface area contributed by atoms with Crippen molar-refractivity contribution in [2.75, 3.05) is 40.9 Å². The molecule has 0 aromatic carbocycles. The Bertz CT molecular complexity index is 1240. The van der Waals surface area contributed by atoms with Crippen molar-refractivity contribution in [2.45, 2.75) is 341 Å². The average molecular weight is 1050 g/mol. The second kappa shape index (κ2) is 55.7. The predicted molar refractivity (Wildman–Crippen MR) is 318 cm³/mol. The minimum atomic E-state index is -4.35. The topological polar surface area (TPSA) is 105 Å². The first-order valence-corrected chi connectivity index (χ1v) is 33.7. The van der Waals surface area contributed by atoms with Crippen LogP contribution < -0.4 is 5.32 Å². The Morgan fingerprint density at radius 1 is 0.452 bits per heavy atom. The van der Waals surface area contributed by atoms with Crippen LogP contribution in [0.1, 0.15) is 328 Å². The van der Waals surface area contributed by atoms with Crippen LogP contribution in [-0.2, 0) is 18.4 Å². The summed E-state index contributed by atoms with van der Waals surface area (Å²) >= 11 is 0. The van der Waals surface area contributed by atoms with Crippen LogP contribution >= 0.6 is 7.82 Å². The molecular formula is C64H128N2O6P+. The highest BCUT2D eigenvalue weighted by Gasteiger charge is 2.27. The lowest BCUT2D eigenvalue weighted by atomic mass is 10.0. The summed E-state index contributed by atoms with van der Waals surface area (Å²) < 4.78 is 23.7. The summed E-state index contributed by atoms with van der Waals surface area (Å²) in [4.78, 5) is 23.3. The average Bonchev–Trinajstić information content (AvgIpc) is 3.35. The molecule has 0 aromatic rings. The largest absolute Gasteiger partial charge is 0.472 e. The van der Waals surface area contributed by atoms with E-state index in [4.69, 9.17) is 9.05 Å². The fourth-order valence-corrected chi connectivity index (χ4v) is 10.6. The molecule has 0 aliphatic carbocycles. The third kappa shape index (κ3) is 58.5. The molecule has 0 aliphatic heterocycles. The van der Waals surface area contributed by atoms with E-state index in [0.717, 1.165) is 38.5 Å². The summed E-state index contributed by atoms with van der Waals surface area (Å²) in [6.45, 7) is 4.85. The van der Waals surface area contributed by atoms with Gasteiger partial charge in [-0.15, -0.1) is 0 Å². The third-order valence-corrected chi connectivity index (χ3v) is 15.9. The number of allylic oxidation sites excluding steroid dienone is 3. The number of rotatable bonds is 60. The van der Waals surface area contributed by atoms with Crippen LogP contribution in [0.4, 0.5) is 0 Å². The highest BCUT2D eigenvalue weighted by molar-refractivity contribution is 7.47. The van der Waals surface area contributed by atoms with Crippen molar-refractivity contribution in [3.8, 4) is 0 Å². The maximum atomic E-state index is 13.0. The van der Waals surface area contributed by atoms with Crippen LogP contribution in [0.5, 0.6) is 0 Å². The van der Waals surface area contributed by atoms with Crippen molar-refractivity contribution >= 4 is 13.7 Å². The number of hydrogen-bond acceptors (Lipinski definition) is 5. The molecule has 434 valence electrons. The Morgan fingerprint density at radius 3 is 1.10 bits per heavy atom. The van der Waals surface area contributed by atoms with E-state index < -0.39 is 20.0 Å². The van der Waals surface area contributed by atoms with Crippen molar-refractivity contribution in [3.05, 3.63) is 24.3 Å². The van der Waals surface area contributed by atoms with Crippen LogP contribution in [-0.4, -0.2) is 73.4 Å². The van der Waals surface area contributed by atoms with Gasteiger partial charge in [0.15, 0.2) is 0 Å². The van der Waals surface area contributed by atoms with Gasteiger partial charge in [0.1, 0.15) is 13.2 Å². The van der Waals surface area contributed by atoms with Gasteiger partial charge < -0.3 is 19.8 Å². The lowest BCUT2D eigenvalue weighted by Crippen LogP contribution is -2.45. The van der Waals surface area contributed by atoms with Crippen LogP contribution in [0.3, 0.4) is 0 Å². The SMILES string of the molecule is CCCCCCCCCCCCCCC/C=C/CC/C=C/C(O)C(COP(=O)(O)OCC[N+](C)(C)C)NC(=O)CCCCCCCCCCCCCCCCCCCCCCCCCCCCCCCCCC. The number of phosphoric acid groups is 1. The molecule has 3 N–H and O–H groups in total. The highest BCUT2D eigenvalue weighted by atomic mass is 31.2. The number of phosphoric ester groups is 1. The number of nitrogens with one attached hydrogen (secondary N) is 1. The zero-order chi connectivity index (χ0) is 53.5. The maximum absolute atomic E-state index is 13.0. The van der Waals surface area contributed by atoms with Gasteiger partial charge in [-0.25, -0.2) is 4.57 Å². The number of carbonyl (C=O) groups is 1. The number of aliphatic hydroxyl groups is 1. The van der Waals surface area contributed by atoms with E-state index in [-0.39, 0.29) is 19.1 Å². The molecule has 73 heavy (non-hydrogen) atoms. The molecule has 0 bridgehead atoms. The van der Waals surface area contributed by atoms with Crippen molar-refractivity contribution in [1.29, 1.82) is 0 Å². The number of amides is 1. The Kier molecular flexibility index (Phi) is 54.9. The lowest BCUT2D eigenvalue weighted by molar-refractivity contribution is -0.870. The second-order valence-corrected chi connectivity index (χ2v) is 24.9. The molecule has 0 spiro atoms. The van der Waals surface area contributed by atoms with Crippen LogP contribution in [0.15, 0.2) is 24.3 Å². The van der Waals surface area contributed by atoms with Gasteiger partial charge in [0, 0.05) is 6.42 Å². The smallest absolute Gasteiger partial charge is 0.387 e. The standard InChI is InChI=1S/C64H127N2O6P/c1-6-8-10-12-14-16-18-20-22-24-26-27-28-29-30-31-32-33-34-35-36-37-38-40-42-44-46-48-50-52-54-56-58-64(68)65-62(61-72-73(69,70)71-60-59-66(3,4)5)63(67)57-55-53-51-49-47-45-43-41-39-25-23-21-19-17-15-13-11-9-7-2/h47,49,55,57,62-63,67H,6-46,48,50-54,56,58-61H2,1-5H3,(H-,65,68,69,70)/p+1/b49-47+,57-55+. The van der Waals surface area contributed by atoms with E-state index in [9.17, 15) is 19.4 Å². The predicted octanol–water partition coefficient (Wildman–Crippen LogP) is 19.9. The summed E-state index contributed by atoms with van der Waals surface area (Å²) in [6, 6.07) is -0.861. The number of unbranched alkanes of at least 4 members (excludes halogenated alkanes) is 45. The van der Waals surface area contributed by atoms with E-state index in [1.54, 1.807) is 6.08 Å². The van der Waals surface area contributed by atoms with Crippen molar-refractivity contribution in [3.63, 3.8) is 0 Å². The van der Waals surface area contributed by atoms with E-state index in [0.29, 0.717) is 17.4 Å². The van der Waals surface area contributed by atoms with Gasteiger partial charge in [0.25, 0.3) is 0 Å². The molecule has 9 heteroatoms. The van der Waals surface area contributed by atoms with Gasteiger partial charge in [-0.2, -0.15) is 0 Å². The number of aliphatic hydroxyl groups excluding tert-OH is 1. The third-order valence-electron chi connectivity index (χ3n) is 14.9. The molecule has 0 saturated heterocycles. The van der Waals surface area contributed by atoms with Gasteiger partial charge in [-0.3, -0.25) is 13.8 Å². The quantitative estimate of drug-likeness (QED) is 0.0243. The fourth-order valence-electron chi connectivity index (χ4n) is 9.89. The Hall–Kier alpha value is -1.02. The molecule has 0 aliphatic rings.